The monoisotopic (exact) mass is 701 g/mol. The molecule has 2 N–H and O–H groups in total. The first kappa shape index (κ1) is 36.4. The summed E-state index contributed by atoms with van der Waals surface area (Å²) in [5.41, 5.74) is 1.51. The Kier molecular flexibility index (Phi) is 10.8. The number of esters is 1. The first-order valence-electron chi connectivity index (χ1n) is 18.0. The van der Waals surface area contributed by atoms with E-state index >= 15 is 0 Å². The number of rotatable bonds is 9. The zero-order valence-electron chi connectivity index (χ0n) is 30.3. The molecule has 2 aliphatic rings. The highest BCUT2D eigenvalue weighted by Crippen LogP contribution is 2.48. The molecule has 6 rings (SSSR count). The van der Waals surface area contributed by atoms with E-state index in [1.807, 2.05) is 83.8 Å². The highest BCUT2D eigenvalue weighted by atomic mass is 16.6. The Balaban J connectivity index is 1.25. The van der Waals surface area contributed by atoms with Crippen molar-refractivity contribution in [2.24, 2.45) is 0 Å². The van der Waals surface area contributed by atoms with E-state index in [1.165, 1.54) is 0 Å². The predicted octanol–water partition coefficient (Wildman–Crippen LogP) is 6.48. The fraction of sp³-hybridized carbons (Fsp3) is 0.349. The number of hydrogen-bond donors (Lipinski definition) is 2. The number of amides is 3. The van der Waals surface area contributed by atoms with Gasteiger partial charge in [0.15, 0.2) is 6.04 Å². The van der Waals surface area contributed by atoms with Crippen LogP contribution in [-0.2, 0) is 24.5 Å². The minimum absolute atomic E-state index is 0.0138. The number of fused-ring (bicyclic) bond motifs is 1. The number of piperidine rings is 1. The predicted molar refractivity (Wildman–Crippen MR) is 199 cm³/mol. The normalized spacial score (nSPS) is 19.5. The number of likely N-dealkylation sites (tertiary alicyclic amines) is 1. The average molecular weight is 702 g/mol. The Bertz CT molecular complexity index is 1900. The Morgan fingerprint density at radius 3 is 2.08 bits per heavy atom. The lowest BCUT2D eigenvalue weighted by atomic mass is 9.62. The largest absolute Gasteiger partial charge is 0.496 e. The van der Waals surface area contributed by atoms with Crippen molar-refractivity contribution in [2.45, 2.75) is 75.5 Å². The lowest BCUT2D eigenvalue weighted by molar-refractivity contribution is -0.159. The third-order valence-electron chi connectivity index (χ3n) is 10.1. The van der Waals surface area contributed by atoms with E-state index in [9.17, 15) is 19.2 Å². The fourth-order valence-electron chi connectivity index (χ4n) is 7.59. The van der Waals surface area contributed by atoms with Gasteiger partial charge in [-0.3, -0.25) is 14.4 Å². The lowest BCUT2D eigenvalue weighted by Gasteiger charge is -2.43. The molecule has 1 aliphatic carbocycles. The van der Waals surface area contributed by atoms with E-state index in [-0.39, 0.29) is 23.8 Å². The zero-order chi connectivity index (χ0) is 36.9. The van der Waals surface area contributed by atoms with Crippen LogP contribution < -0.4 is 15.4 Å². The number of para-hydroxylation sites is 1. The summed E-state index contributed by atoms with van der Waals surface area (Å²) in [6.45, 7) is 6.42. The van der Waals surface area contributed by atoms with Crippen molar-refractivity contribution in [3.05, 3.63) is 137 Å². The maximum absolute atomic E-state index is 14.9. The minimum Gasteiger partial charge on any atom is -0.496 e. The van der Waals surface area contributed by atoms with Crippen LogP contribution in [0.3, 0.4) is 0 Å². The van der Waals surface area contributed by atoms with Gasteiger partial charge in [0.05, 0.1) is 24.0 Å². The zero-order valence-corrected chi connectivity index (χ0v) is 30.3. The molecular weight excluding hydrogens is 654 g/mol. The van der Waals surface area contributed by atoms with Crippen molar-refractivity contribution in [2.75, 3.05) is 20.2 Å². The highest BCUT2D eigenvalue weighted by Gasteiger charge is 2.50. The van der Waals surface area contributed by atoms with E-state index in [0.29, 0.717) is 55.6 Å². The summed E-state index contributed by atoms with van der Waals surface area (Å²) in [5.74, 6) is -0.987. The van der Waals surface area contributed by atoms with Gasteiger partial charge in [0.25, 0.3) is 5.91 Å². The van der Waals surface area contributed by atoms with Crippen LogP contribution >= 0.6 is 0 Å². The van der Waals surface area contributed by atoms with E-state index in [2.05, 4.69) is 10.6 Å². The smallest absolute Gasteiger partial charge is 0.333 e. The molecule has 0 unspecified atom stereocenters. The van der Waals surface area contributed by atoms with Crippen molar-refractivity contribution < 1.29 is 28.7 Å². The molecule has 1 heterocycles. The van der Waals surface area contributed by atoms with E-state index in [0.717, 1.165) is 16.7 Å². The molecule has 1 fully saturated rings. The van der Waals surface area contributed by atoms with Gasteiger partial charge in [-0.05, 0) is 80.8 Å². The first-order chi connectivity index (χ1) is 25.0. The quantitative estimate of drug-likeness (QED) is 0.193. The van der Waals surface area contributed by atoms with Crippen LogP contribution in [0.5, 0.6) is 5.75 Å². The lowest BCUT2D eigenvalue weighted by Crippen LogP contribution is -2.52. The van der Waals surface area contributed by atoms with Crippen molar-refractivity contribution in [1.29, 1.82) is 0 Å². The summed E-state index contributed by atoms with van der Waals surface area (Å²) in [4.78, 5) is 57.8. The van der Waals surface area contributed by atoms with E-state index < -0.39 is 28.9 Å². The first-order valence-corrected chi connectivity index (χ1v) is 18.0. The Labute approximate surface area is 305 Å². The molecule has 0 radical (unpaired) electrons. The van der Waals surface area contributed by atoms with Gasteiger partial charge in [-0.2, -0.15) is 0 Å². The molecule has 1 saturated heterocycles. The SMILES string of the molecule is COc1ccccc1C(=O)NC1CCN(C(=O)[C@H]2CC[C@@](C(=O)N[C@@H](C(=O)OC(C)(C)C)c3ccccc3)(c3ccccc3)c3ccccc32)CC1. The fourth-order valence-corrected chi connectivity index (χ4v) is 7.59. The number of carbonyl (C=O) groups is 4. The average Bonchev–Trinajstić information content (AvgIpc) is 3.16. The molecule has 0 saturated carbocycles. The summed E-state index contributed by atoms with van der Waals surface area (Å²) < 4.78 is 11.2. The van der Waals surface area contributed by atoms with Crippen LogP contribution in [0.4, 0.5) is 0 Å². The van der Waals surface area contributed by atoms with Crippen LogP contribution in [0.1, 0.15) is 91.0 Å². The van der Waals surface area contributed by atoms with E-state index in [4.69, 9.17) is 9.47 Å². The highest BCUT2D eigenvalue weighted by molar-refractivity contribution is 5.98. The molecule has 3 amide bonds. The molecule has 0 bridgehead atoms. The molecule has 52 heavy (non-hydrogen) atoms. The molecule has 1 aliphatic heterocycles. The summed E-state index contributed by atoms with van der Waals surface area (Å²) in [5, 5.41) is 6.22. The summed E-state index contributed by atoms with van der Waals surface area (Å²) in [6, 6.07) is 32.4. The molecule has 3 atom stereocenters. The number of hydrogen-bond acceptors (Lipinski definition) is 6. The Morgan fingerprint density at radius 1 is 0.788 bits per heavy atom. The number of benzene rings is 4. The van der Waals surface area contributed by atoms with Gasteiger partial charge in [-0.25, -0.2) is 4.79 Å². The van der Waals surface area contributed by atoms with Gasteiger partial charge in [0, 0.05) is 19.1 Å². The minimum atomic E-state index is -1.17. The second kappa shape index (κ2) is 15.4. The van der Waals surface area contributed by atoms with Crippen LogP contribution in [0.25, 0.3) is 0 Å². The molecule has 4 aromatic rings. The van der Waals surface area contributed by atoms with Gasteiger partial charge in [-0.15, -0.1) is 0 Å². The summed E-state index contributed by atoms with van der Waals surface area (Å²) in [7, 11) is 1.54. The van der Waals surface area contributed by atoms with Gasteiger partial charge in [-0.1, -0.05) is 97.1 Å². The van der Waals surface area contributed by atoms with Gasteiger partial charge in [0.2, 0.25) is 11.8 Å². The summed E-state index contributed by atoms with van der Waals surface area (Å²) in [6.07, 6.45) is 2.05. The molecule has 0 spiro atoms. The van der Waals surface area contributed by atoms with Gasteiger partial charge in [0.1, 0.15) is 11.4 Å². The van der Waals surface area contributed by atoms with Crippen LogP contribution in [0.2, 0.25) is 0 Å². The number of methoxy groups -OCH3 is 1. The maximum Gasteiger partial charge on any atom is 0.333 e. The summed E-state index contributed by atoms with van der Waals surface area (Å²) >= 11 is 0. The van der Waals surface area contributed by atoms with Crippen LogP contribution in [0, 0.1) is 0 Å². The Morgan fingerprint density at radius 2 is 1.40 bits per heavy atom. The third-order valence-corrected chi connectivity index (χ3v) is 10.1. The molecule has 9 heteroatoms. The standard InChI is InChI=1S/C43H47N3O6/c1-42(2,3)52-40(49)37(29-15-7-5-8-16-29)45-41(50)43(30-17-9-6-10-18-30)26-23-33(32-19-11-13-21-35(32)43)39(48)46-27-24-31(25-28-46)44-38(47)34-20-12-14-22-36(34)51-4/h5-22,31,33,37H,23-28H2,1-4H3,(H,44,47)(H,45,50)/t33-,37+,43+/m0/s1. The maximum atomic E-state index is 14.9. The number of carbonyl (C=O) groups excluding carboxylic acids is 4. The van der Waals surface area contributed by atoms with E-state index in [1.54, 1.807) is 58.2 Å². The molecule has 4 aromatic carbocycles. The molecule has 9 nitrogen and oxygen atoms in total. The van der Waals surface area contributed by atoms with Crippen LogP contribution in [-0.4, -0.2) is 60.4 Å². The number of nitrogens with zero attached hydrogens (tertiary/aromatic N) is 1. The number of ether oxygens (including phenoxy) is 2. The second-order valence-electron chi connectivity index (χ2n) is 14.6. The topological polar surface area (TPSA) is 114 Å². The van der Waals surface area contributed by atoms with Crippen molar-refractivity contribution >= 4 is 23.7 Å². The van der Waals surface area contributed by atoms with Gasteiger partial charge < -0.3 is 25.0 Å². The molecule has 270 valence electrons. The van der Waals surface area contributed by atoms with Crippen molar-refractivity contribution in [3.63, 3.8) is 0 Å². The molecule has 0 aromatic heterocycles. The van der Waals surface area contributed by atoms with Crippen LogP contribution in [0.15, 0.2) is 109 Å². The van der Waals surface area contributed by atoms with Crippen molar-refractivity contribution in [3.8, 4) is 5.75 Å². The second-order valence-corrected chi connectivity index (χ2v) is 14.6. The molecular formula is C43H47N3O6. The number of nitrogens with one attached hydrogen (secondary N) is 2. The third kappa shape index (κ3) is 7.59. The van der Waals surface area contributed by atoms with Gasteiger partial charge >= 0.3 is 5.97 Å². The van der Waals surface area contributed by atoms with Crippen molar-refractivity contribution in [1.82, 2.24) is 15.5 Å². The Hall–Kier alpha value is -5.44.